The van der Waals surface area contributed by atoms with Crippen molar-refractivity contribution >= 4 is 11.9 Å². The van der Waals surface area contributed by atoms with Gasteiger partial charge in [0.25, 0.3) is 0 Å². The first-order chi connectivity index (χ1) is 6.24. The molecule has 74 valence electrons. The van der Waals surface area contributed by atoms with Crippen LogP contribution in [0.4, 0.5) is 0 Å². The quantitative estimate of drug-likeness (QED) is 0.430. The Morgan fingerprint density at radius 2 is 2.38 bits per heavy atom. The smallest absolute Gasteiger partial charge is 0.396 e. The van der Waals surface area contributed by atoms with Crippen molar-refractivity contribution in [3.8, 4) is 0 Å². The van der Waals surface area contributed by atoms with Crippen molar-refractivity contribution in [3.63, 3.8) is 0 Å². The molecule has 0 bridgehead atoms. The lowest BCUT2D eigenvalue weighted by molar-refractivity contribution is -0.152. The molecule has 0 aromatic carbocycles. The first-order valence-corrected chi connectivity index (χ1v) is 4.33. The summed E-state index contributed by atoms with van der Waals surface area (Å²) in [6.07, 6.45) is 2.17. The van der Waals surface area contributed by atoms with Gasteiger partial charge in [-0.15, -0.1) is 0 Å². The van der Waals surface area contributed by atoms with Gasteiger partial charge in [-0.2, -0.15) is 0 Å². The van der Waals surface area contributed by atoms with Crippen molar-refractivity contribution in [2.75, 3.05) is 20.2 Å². The van der Waals surface area contributed by atoms with Crippen LogP contribution >= 0.6 is 0 Å². The largest absolute Gasteiger partial charge is 0.462 e. The van der Waals surface area contributed by atoms with Crippen LogP contribution in [-0.4, -0.2) is 38.1 Å². The zero-order chi connectivity index (χ0) is 9.68. The van der Waals surface area contributed by atoms with E-state index in [-0.39, 0.29) is 0 Å². The average Bonchev–Trinajstić information content (AvgIpc) is 2.65. The van der Waals surface area contributed by atoms with Gasteiger partial charge in [0.15, 0.2) is 0 Å². The monoisotopic (exact) mass is 186 g/mol. The standard InChI is InChI=1S/C8H14N2O3/c1-13-8(12)7(11)10-5-6-3-2-4-9-6/h6,9H,2-5H2,1H3,(H,10,11). The van der Waals surface area contributed by atoms with Crippen LogP contribution in [-0.2, 0) is 14.3 Å². The van der Waals surface area contributed by atoms with E-state index >= 15 is 0 Å². The first-order valence-electron chi connectivity index (χ1n) is 4.33. The summed E-state index contributed by atoms with van der Waals surface area (Å²) < 4.78 is 4.26. The van der Waals surface area contributed by atoms with Crippen LogP contribution in [0.1, 0.15) is 12.8 Å². The van der Waals surface area contributed by atoms with Gasteiger partial charge in [0.2, 0.25) is 0 Å². The van der Waals surface area contributed by atoms with E-state index in [1.165, 1.54) is 7.11 Å². The van der Waals surface area contributed by atoms with Crippen molar-refractivity contribution < 1.29 is 14.3 Å². The van der Waals surface area contributed by atoms with E-state index in [1.54, 1.807) is 0 Å². The summed E-state index contributed by atoms with van der Waals surface area (Å²) in [5.74, 6) is -1.51. The highest BCUT2D eigenvalue weighted by atomic mass is 16.5. The third-order valence-corrected chi connectivity index (χ3v) is 2.04. The van der Waals surface area contributed by atoms with Gasteiger partial charge in [-0.25, -0.2) is 4.79 Å². The molecule has 1 atom stereocenters. The zero-order valence-electron chi connectivity index (χ0n) is 7.63. The number of hydrogen-bond acceptors (Lipinski definition) is 4. The predicted octanol–water partition coefficient (Wildman–Crippen LogP) is -0.972. The average molecular weight is 186 g/mol. The van der Waals surface area contributed by atoms with E-state index < -0.39 is 11.9 Å². The maximum atomic E-state index is 10.9. The van der Waals surface area contributed by atoms with Gasteiger partial charge in [0.1, 0.15) is 0 Å². The van der Waals surface area contributed by atoms with Crippen molar-refractivity contribution in [3.05, 3.63) is 0 Å². The Balaban J connectivity index is 2.17. The fourth-order valence-corrected chi connectivity index (χ4v) is 1.31. The molecule has 0 radical (unpaired) electrons. The molecule has 0 aromatic heterocycles. The molecule has 1 fully saturated rings. The maximum Gasteiger partial charge on any atom is 0.396 e. The number of carbonyl (C=O) groups excluding carboxylic acids is 2. The minimum Gasteiger partial charge on any atom is -0.462 e. The molecule has 2 N–H and O–H groups in total. The molecular formula is C8H14N2O3. The molecule has 13 heavy (non-hydrogen) atoms. The molecule has 0 spiro atoms. The molecule has 1 aliphatic rings. The van der Waals surface area contributed by atoms with Crippen LogP contribution in [0.5, 0.6) is 0 Å². The van der Waals surface area contributed by atoms with Gasteiger partial charge in [-0.1, -0.05) is 0 Å². The molecule has 1 unspecified atom stereocenters. The lowest BCUT2D eigenvalue weighted by Gasteiger charge is -2.09. The normalized spacial score (nSPS) is 21.2. The molecule has 1 rings (SSSR count). The molecule has 1 amide bonds. The summed E-state index contributed by atoms with van der Waals surface area (Å²) in [7, 11) is 1.19. The van der Waals surface area contributed by atoms with Gasteiger partial charge < -0.3 is 15.4 Å². The molecule has 1 aliphatic heterocycles. The van der Waals surface area contributed by atoms with Gasteiger partial charge in [0.05, 0.1) is 7.11 Å². The minimum absolute atomic E-state index is 0.300. The van der Waals surface area contributed by atoms with Gasteiger partial charge >= 0.3 is 11.9 Å². The molecule has 5 nitrogen and oxygen atoms in total. The Hall–Kier alpha value is -1.10. The summed E-state index contributed by atoms with van der Waals surface area (Å²) in [4.78, 5) is 21.6. The fourth-order valence-electron chi connectivity index (χ4n) is 1.31. The van der Waals surface area contributed by atoms with Crippen molar-refractivity contribution in [1.29, 1.82) is 0 Å². The third kappa shape index (κ3) is 3.02. The van der Waals surface area contributed by atoms with E-state index in [0.29, 0.717) is 12.6 Å². The number of methoxy groups -OCH3 is 1. The number of amides is 1. The first kappa shape index (κ1) is 9.98. The molecule has 0 saturated carbocycles. The van der Waals surface area contributed by atoms with Gasteiger partial charge in [0, 0.05) is 12.6 Å². The van der Waals surface area contributed by atoms with Crippen LogP contribution in [0.25, 0.3) is 0 Å². The van der Waals surface area contributed by atoms with Crippen LogP contribution < -0.4 is 10.6 Å². The number of ether oxygens (including phenoxy) is 1. The number of hydrogen-bond donors (Lipinski definition) is 2. The fraction of sp³-hybridized carbons (Fsp3) is 0.750. The maximum absolute atomic E-state index is 10.9. The Kier molecular flexibility index (Phi) is 3.70. The highest BCUT2D eigenvalue weighted by Gasteiger charge is 2.18. The van der Waals surface area contributed by atoms with E-state index in [2.05, 4.69) is 15.4 Å². The summed E-state index contributed by atoms with van der Waals surface area (Å²) in [6.45, 7) is 1.48. The van der Waals surface area contributed by atoms with Crippen molar-refractivity contribution in [2.45, 2.75) is 18.9 Å². The van der Waals surface area contributed by atoms with Crippen molar-refractivity contribution in [2.24, 2.45) is 0 Å². The summed E-state index contributed by atoms with van der Waals surface area (Å²) in [5, 5.41) is 5.70. The summed E-state index contributed by atoms with van der Waals surface area (Å²) in [6, 6.07) is 0.300. The molecule has 0 aliphatic carbocycles. The number of nitrogens with one attached hydrogen (secondary N) is 2. The minimum atomic E-state index is -0.835. The molecule has 5 heteroatoms. The number of esters is 1. The van der Waals surface area contributed by atoms with E-state index in [4.69, 9.17) is 0 Å². The molecule has 0 aromatic rings. The van der Waals surface area contributed by atoms with E-state index in [1.807, 2.05) is 0 Å². The van der Waals surface area contributed by atoms with Crippen LogP contribution in [0.15, 0.2) is 0 Å². The second-order valence-electron chi connectivity index (χ2n) is 2.99. The highest BCUT2D eigenvalue weighted by molar-refractivity contribution is 6.32. The molecular weight excluding hydrogens is 172 g/mol. The SMILES string of the molecule is COC(=O)C(=O)NCC1CCCN1. The van der Waals surface area contributed by atoms with Crippen LogP contribution in [0.3, 0.4) is 0 Å². The van der Waals surface area contributed by atoms with E-state index in [9.17, 15) is 9.59 Å². The van der Waals surface area contributed by atoms with Gasteiger partial charge in [-0.05, 0) is 19.4 Å². The molecule has 1 saturated heterocycles. The zero-order valence-corrected chi connectivity index (χ0v) is 7.63. The van der Waals surface area contributed by atoms with Gasteiger partial charge in [-0.3, -0.25) is 4.79 Å². The Morgan fingerprint density at radius 1 is 1.62 bits per heavy atom. The number of carbonyl (C=O) groups is 2. The summed E-state index contributed by atoms with van der Waals surface area (Å²) in [5.41, 5.74) is 0. The number of rotatable bonds is 2. The van der Waals surface area contributed by atoms with E-state index in [0.717, 1.165) is 19.4 Å². The Labute approximate surface area is 76.8 Å². The third-order valence-electron chi connectivity index (χ3n) is 2.04. The van der Waals surface area contributed by atoms with Crippen LogP contribution in [0.2, 0.25) is 0 Å². The topological polar surface area (TPSA) is 67.4 Å². The molecule has 1 heterocycles. The predicted molar refractivity (Wildman–Crippen MR) is 46.1 cm³/mol. The van der Waals surface area contributed by atoms with Crippen LogP contribution in [0, 0.1) is 0 Å². The second-order valence-corrected chi connectivity index (χ2v) is 2.99. The second kappa shape index (κ2) is 4.81. The summed E-state index contributed by atoms with van der Waals surface area (Å²) >= 11 is 0. The Bertz CT molecular complexity index is 200. The van der Waals surface area contributed by atoms with Crippen molar-refractivity contribution in [1.82, 2.24) is 10.6 Å². The lowest BCUT2D eigenvalue weighted by Crippen LogP contribution is -2.40. The lowest BCUT2D eigenvalue weighted by atomic mass is 10.2. The highest BCUT2D eigenvalue weighted by Crippen LogP contribution is 2.02. The Morgan fingerprint density at radius 3 is 2.92 bits per heavy atom.